The van der Waals surface area contributed by atoms with Crippen molar-refractivity contribution < 1.29 is 28.5 Å². The van der Waals surface area contributed by atoms with Gasteiger partial charge in [0.1, 0.15) is 6.04 Å². The van der Waals surface area contributed by atoms with Crippen LogP contribution in [0, 0.1) is 0 Å². The normalized spacial score (nSPS) is 16.6. The molecule has 188 valence electrons. The lowest BCUT2D eigenvalue weighted by atomic mass is 9.85. The van der Waals surface area contributed by atoms with Crippen molar-refractivity contribution in [1.82, 2.24) is 14.8 Å². The van der Waals surface area contributed by atoms with Gasteiger partial charge in [0.15, 0.2) is 34.6 Å². The second-order valence-electron chi connectivity index (χ2n) is 8.43. The Labute approximate surface area is 208 Å². The zero-order valence-corrected chi connectivity index (χ0v) is 20.9. The molecular weight excluding hydrogens is 464 g/mol. The molecule has 0 amide bonds. The predicted octanol–water partition coefficient (Wildman–Crippen LogP) is 4.01. The van der Waals surface area contributed by atoms with Gasteiger partial charge in [0.05, 0.1) is 35.5 Å². The summed E-state index contributed by atoms with van der Waals surface area (Å²) in [5, 5.41) is 8.20. The van der Waals surface area contributed by atoms with E-state index in [1.165, 1.54) is 0 Å². The van der Waals surface area contributed by atoms with E-state index in [1.807, 2.05) is 18.2 Å². The topological polar surface area (TPSA) is 106 Å². The Morgan fingerprint density at radius 1 is 0.861 bits per heavy atom. The minimum absolute atomic E-state index is 0.0963. The molecule has 0 spiro atoms. The lowest BCUT2D eigenvalue weighted by Crippen LogP contribution is -2.31. The van der Waals surface area contributed by atoms with Gasteiger partial charge in [-0.1, -0.05) is 6.07 Å². The van der Waals surface area contributed by atoms with Crippen molar-refractivity contribution in [3.05, 3.63) is 47.2 Å². The second-order valence-corrected chi connectivity index (χ2v) is 8.43. The largest absolute Gasteiger partial charge is 0.493 e. The molecule has 2 aliphatic rings. The first-order valence-corrected chi connectivity index (χ1v) is 11.5. The Kier molecular flexibility index (Phi) is 6.17. The summed E-state index contributed by atoms with van der Waals surface area (Å²) in [7, 11) is 7.85. The lowest BCUT2D eigenvalue weighted by molar-refractivity contribution is -0.116. The highest BCUT2D eigenvalue weighted by molar-refractivity contribution is 5.99. The second kappa shape index (κ2) is 9.44. The smallest absolute Gasteiger partial charge is 0.226 e. The number of carbonyl (C=O) groups excluding carboxylic acids is 1. The van der Waals surface area contributed by atoms with Crippen molar-refractivity contribution in [2.24, 2.45) is 0 Å². The van der Waals surface area contributed by atoms with Crippen LogP contribution in [0.25, 0.3) is 11.4 Å². The molecule has 0 unspecified atom stereocenters. The molecule has 0 saturated heterocycles. The molecule has 1 N–H and O–H groups in total. The monoisotopic (exact) mass is 492 g/mol. The number of rotatable bonds is 7. The molecule has 10 nitrogen and oxygen atoms in total. The summed E-state index contributed by atoms with van der Waals surface area (Å²) in [5.41, 5.74) is 3.10. The van der Waals surface area contributed by atoms with E-state index in [0.29, 0.717) is 58.1 Å². The van der Waals surface area contributed by atoms with Crippen LogP contribution in [0.3, 0.4) is 0 Å². The summed E-state index contributed by atoms with van der Waals surface area (Å²) >= 11 is 0. The van der Waals surface area contributed by atoms with Crippen LogP contribution < -0.4 is 29.0 Å². The minimum atomic E-state index is -0.466. The maximum absolute atomic E-state index is 13.2. The van der Waals surface area contributed by atoms with Crippen molar-refractivity contribution in [2.75, 3.05) is 40.9 Å². The van der Waals surface area contributed by atoms with Crippen molar-refractivity contribution in [2.45, 2.75) is 25.3 Å². The molecule has 1 aliphatic carbocycles. The van der Waals surface area contributed by atoms with Gasteiger partial charge in [-0.05, 0) is 42.7 Å². The third kappa shape index (κ3) is 3.78. The Morgan fingerprint density at radius 3 is 2.19 bits per heavy atom. The van der Waals surface area contributed by atoms with E-state index in [0.717, 1.165) is 24.1 Å². The number of anilines is 1. The van der Waals surface area contributed by atoms with E-state index < -0.39 is 6.04 Å². The number of ether oxygens (including phenoxy) is 5. The highest BCUT2D eigenvalue weighted by Gasteiger charge is 2.37. The number of hydrogen-bond acceptors (Lipinski definition) is 9. The van der Waals surface area contributed by atoms with E-state index in [1.54, 1.807) is 52.4 Å². The average Bonchev–Trinajstić information content (AvgIpc) is 3.34. The van der Waals surface area contributed by atoms with Gasteiger partial charge in [0.2, 0.25) is 11.7 Å². The fourth-order valence-corrected chi connectivity index (χ4v) is 4.82. The van der Waals surface area contributed by atoms with E-state index >= 15 is 0 Å². The van der Waals surface area contributed by atoms with Gasteiger partial charge in [-0.2, -0.15) is 4.98 Å². The first-order valence-electron chi connectivity index (χ1n) is 11.5. The van der Waals surface area contributed by atoms with E-state index in [9.17, 15) is 4.79 Å². The Balaban J connectivity index is 1.67. The van der Waals surface area contributed by atoms with Gasteiger partial charge < -0.3 is 29.0 Å². The number of allylic oxidation sites excluding steroid dienone is 2. The zero-order chi connectivity index (χ0) is 25.4. The first-order chi connectivity index (χ1) is 17.5. The van der Waals surface area contributed by atoms with E-state index in [4.69, 9.17) is 33.8 Å². The molecule has 36 heavy (non-hydrogen) atoms. The van der Waals surface area contributed by atoms with E-state index in [-0.39, 0.29) is 5.78 Å². The number of hydrogen-bond donors (Lipinski definition) is 1. The van der Waals surface area contributed by atoms with Gasteiger partial charge in [-0.25, -0.2) is 4.68 Å². The van der Waals surface area contributed by atoms with Crippen molar-refractivity contribution in [3.8, 4) is 40.1 Å². The summed E-state index contributed by atoms with van der Waals surface area (Å²) in [6, 6.07) is 8.77. The number of nitrogens with zero attached hydrogens (tertiary/aromatic N) is 3. The maximum Gasteiger partial charge on any atom is 0.226 e. The van der Waals surface area contributed by atoms with Crippen LogP contribution in [0.2, 0.25) is 0 Å². The van der Waals surface area contributed by atoms with Crippen molar-refractivity contribution >= 4 is 11.7 Å². The van der Waals surface area contributed by atoms with Gasteiger partial charge in [0.25, 0.3) is 0 Å². The summed E-state index contributed by atoms with van der Waals surface area (Å²) in [4.78, 5) is 17.9. The average molecular weight is 493 g/mol. The Bertz CT molecular complexity index is 1340. The molecule has 2 heterocycles. The summed E-state index contributed by atoms with van der Waals surface area (Å²) in [5.74, 6) is 3.76. The third-order valence-corrected chi connectivity index (χ3v) is 6.51. The number of ketones is 1. The first kappa shape index (κ1) is 23.5. The third-order valence-electron chi connectivity index (χ3n) is 6.51. The molecule has 0 fully saturated rings. The number of fused-ring (bicyclic) bond motifs is 1. The van der Waals surface area contributed by atoms with Crippen molar-refractivity contribution in [1.29, 1.82) is 0 Å². The number of carbonyl (C=O) groups is 1. The number of methoxy groups -OCH3 is 5. The van der Waals surface area contributed by atoms with Crippen LogP contribution in [0.15, 0.2) is 41.6 Å². The standard InChI is InChI=1S/C26H28N4O6/c1-32-18-10-9-14(11-19(18)33-2)23-22-16(7-6-8-17(22)31)27-26-28-25(29-30(23)26)15-12-20(34-3)24(36-5)21(13-15)35-4/h9-13,23H,6-8H2,1-5H3,(H,27,28,29)/t23-/m1/s1. The molecule has 1 aliphatic heterocycles. The number of nitrogens with one attached hydrogen (secondary N) is 1. The molecule has 1 atom stereocenters. The van der Waals surface area contributed by atoms with Gasteiger partial charge in [-0.15, -0.1) is 5.10 Å². The van der Waals surface area contributed by atoms with Crippen molar-refractivity contribution in [3.63, 3.8) is 0 Å². The van der Waals surface area contributed by atoms with Crippen LogP contribution in [0.5, 0.6) is 28.7 Å². The van der Waals surface area contributed by atoms with Gasteiger partial charge >= 0.3 is 0 Å². The zero-order valence-electron chi connectivity index (χ0n) is 20.9. The lowest BCUT2D eigenvalue weighted by Gasteiger charge is -2.32. The maximum atomic E-state index is 13.2. The molecule has 2 aromatic carbocycles. The molecule has 1 aromatic heterocycles. The highest BCUT2D eigenvalue weighted by atomic mass is 16.5. The highest BCUT2D eigenvalue weighted by Crippen LogP contribution is 2.44. The molecule has 0 bridgehead atoms. The Morgan fingerprint density at radius 2 is 1.56 bits per heavy atom. The van der Waals surface area contributed by atoms with Crippen LogP contribution in [-0.2, 0) is 4.79 Å². The summed E-state index contributed by atoms with van der Waals surface area (Å²) in [6.45, 7) is 0. The number of Topliss-reactive ketones (excluding diaryl/α,β-unsaturated/α-hetero) is 1. The van der Waals surface area contributed by atoms with Crippen LogP contribution in [0.4, 0.5) is 5.95 Å². The number of benzene rings is 2. The molecule has 0 saturated carbocycles. The quantitative estimate of drug-likeness (QED) is 0.524. The van der Waals surface area contributed by atoms with Crippen LogP contribution in [-0.4, -0.2) is 56.1 Å². The Hall–Kier alpha value is -4.21. The number of aromatic nitrogens is 3. The summed E-state index contributed by atoms with van der Waals surface area (Å²) in [6.07, 6.45) is 2.04. The molecule has 0 radical (unpaired) electrons. The summed E-state index contributed by atoms with van der Waals surface area (Å²) < 4.78 is 29.2. The fourth-order valence-electron chi connectivity index (χ4n) is 4.82. The molecule has 3 aromatic rings. The van der Waals surface area contributed by atoms with Crippen LogP contribution in [0.1, 0.15) is 30.9 Å². The fraction of sp³-hybridized carbons (Fsp3) is 0.346. The minimum Gasteiger partial charge on any atom is -0.493 e. The van der Waals surface area contributed by atoms with E-state index in [2.05, 4.69) is 5.32 Å². The molecule has 5 rings (SSSR count). The van der Waals surface area contributed by atoms with Crippen LogP contribution >= 0.6 is 0 Å². The van der Waals surface area contributed by atoms with Gasteiger partial charge in [0, 0.05) is 23.3 Å². The molecular formula is C26H28N4O6. The van der Waals surface area contributed by atoms with Gasteiger partial charge in [-0.3, -0.25) is 4.79 Å². The predicted molar refractivity (Wildman–Crippen MR) is 132 cm³/mol. The molecule has 10 heteroatoms. The SMILES string of the molecule is COc1ccc([C@@H]2C3=C(CCCC3=O)Nc3nc(-c4cc(OC)c(OC)c(OC)c4)nn32)cc1OC.